The van der Waals surface area contributed by atoms with Gasteiger partial charge in [-0.1, -0.05) is 26.0 Å². The largest absolute Gasteiger partial charge is 0.493 e. The van der Waals surface area contributed by atoms with Crippen molar-refractivity contribution in [3.63, 3.8) is 0 Å². The predicted octanol–water partition coefficient (Wildman–Crippen LogP) is 3.56. The van der Waals surface area contributed by atoms with Crippen molar-refractivity contribution in [1.29, 1.82) is 0 Å². The van der Waals surface area contributed by atoms with E-state index in [0.717, 1.165) is 31.6 Å². The lowest BCUT2D eigenvalue weighted by molar-refractivity contribution is 0.0579. The monoisotopic (exact) mass is 249 g/mol. The first-order chi connectivity index (χ1) is 8.76. The smallest absolute Gasteiger partial charge is 0.124 e. The van der Waals surface area contributed by atoms with Crippen molar-refractivity contribution in [3.05, 3.63) is 29.3 Å². The molecule has 0 radical (unpaired) electrons. The summed E-state index contributed by atoms with van der Waals surface area (Å²) < 4.78 is 5.80. The summed E-state index contributed by atoms with van der Waals surface area (Å²) in [5, 5.41) is 0. The van der Waals surface area contributed by atoms with Gasteiger partial charge >= 0.3 is 0 Å². The van der Waals surface area contributed by atoms with Crippen LogP contribution in [0.5, 0.6) is 5.75 Å². The molecule has 0 saturated carbocycles. The Hall–Kier alpha value is -1.06. The van der Waals surface area contributed by atoms with Crippen molar-refractivity contribution in [2.45, 2.75) is 45.1 Å². The lowest BCUT2D eigenvalue weighted by Gasteiger charge is -2.19. The van der Waals surface area contributed by atoms with Gasteiger partial charge in [-0.25, -0.2) is 0 Å². The molecular weight excluding hydrogens is 226 g/mol. The minimum Gasteiger partial charge on any atom is -0.493 e. The maximum absolute atomic E-state index is 5.80. The molecule has 0 bridgehead atoms. The summed E-state index contributed by atoms with van der Waals surface area (Å²) in [4.78, 5) is 5.11. The van der Waals surface area contributed by atoms with Gasteiger partial charge in [0.1, 0.15) is 5.75 Å². The van der Waals surface area contributed by atoms with Crippen LogP contribution in [0.15, 0.2) is 18.2 Å². The van der Waals surface area contributed by atoms with Crippen molar-refractivity contribution in [3.8, 4) is 5.75 Å². The molecule has 0 spiro atoms. The lowest BCUT2D eigenvalue weighted by atomic mass is 9.93. The molecule has 0 saturated heterocycles. The third kappa shape index (κ3) is 2.85. The quantitative estimate of drug-likeness (QED) is 0.828. The zero-order valence-corrected chi connectivity index (χ0v) is 11.5. The van der Waals surface area contributed by atoms with E-state index in [2.05, 4.69) is 37.5 Å². The van der Waals surface area contributed by atoms with Crippen molar-refractivity contribution < 1.29 is 9.57 Å². The van der Waals surface area contributed by atoms with E-state index in [1.807, 2.05) is 0 Å². The van der Waals surface area contributed by atoms with Crippen LogP contribution in [-0.2, 0) is 4.84 Å². The zero-order chi connectivity index (χ0) is 13.0. The van der Waals surface area contributed by atoms with Crippen molar-refractivity contribution in [2.24, 2.45) is 0 Å². The molecule has 1 aliphatic heterocycles. The molecule has 1 heterocycles. The molecular formula is C15H23NO2. The van der Waals surface area contributed by atoms with Crippen LogP contribution in [0.3, 0.4) is 0 Å². The van der Waals surface area contributed by atoms with E-state index in [1.54, 1.807) is 7.11 Å². The Bertz CT molecular complexity index is 392. The molecule has 3 heteroatoms. The molecule has 0 fully saturated rings. The van der Waals surface area contributed by atoms with Gasteiger partial charge in [0.25, 0.3) is 0 Å². The molecule has 1 N–H and O–H groups in total. The molecule has 2 rings (SSSR count). The highest BCUT2D eigenvalue weighted by molar-refractivity contribution is 5.41. The summed E-state index contributed by atoms with van der Waals surface area (Å²) in [6.07, 6.45) is 3.25. The van der Waals surface area contributed by atoms with Gasteiger partial charge in [0, 0.05) is 5.56 Å². The zero-order valence-electron chi connectivity index (χ0n) is 11.5. The van der Waals surface area contributed by atoms with Crippen LogP contribution in [0.1, 0.15) is 56.2 Å². The maximum atomic E-state index is 5.80. The van der Waals surface area contributed by atoms with Gasteiger partial charge in [-0.2, -0.15) is 5.48 Å². The van der Waals surface area contributed by atoms with Gasteiger partial charge in [0.2, 0.25) is 0 Å². The normalized spacial score (nSPS) is 20.7. The number of hydroxylamine groups is 1. The van der Waals surface area contributed by atoms with Crippen LogP contribution in [0.2, 0.25) is 0 Å². The highest BCUT2D eigenvalue weighted by atomic mass is 16.6. The van der Waals surface area contributed by atoms with Crippen LogP contribution in [0.25, 0.3) is 0 Å². The Balaban J connectivity index is 2.33. The molecule has 1 aromatic carbocycles. The second-order valence-corrected chi connectivity index (χ2v) is 4.97. The first-order valence-electron chi connectivity index (χ1n) is 6.81. The second-order valence-electron chi connectivity index (χ2n) is 4.97. The Kier molecular flexibility index (Phi) is 4.61. The molecule has 0 amide bonds. The van der Waals surface area contributed by atoms with Gasteiger partial charge in [0.05, 0.1) is 19.8 Å². The molecule has 1 aromatic rings. The summed E-state index contributed by atoms with van der Waals surface area (Å²) in [7, 11) is 1.67. The van der Waals surface area contributed by atoms with E-state index in [0.29, 0.717) is 5.92 Å². The number of hydrogen-bond acceptors (Lipinski definition) is 3. The van der Waals surface area contributed by atoms with Gasteiger partial charge in [-0.3, -0.25) is 0 Å². The molecule has 0 aliphatic carbocycles. The summed E-state index contributed by atoms with van der Waals surface area (Å²) in [6, 6.07) is 6.79. The van der Waals surface area contributed by atoms with Gasteiger partial charge in [-0.15, -0.1) is 0 Å². The third-order valence-electron chi connectivity index (χ3n) is 3.75. The highest BCUT2D eigenvalue weighted by Gasteiger charge is 2.20. The Morgan fingerprint density at radius 3 is 3.06 bits per heavy atom. The molecule has 18 heavy (non-hydrogen) atoms. The van der Waals surface area contributed by atoms with E-state index in [-0.39, 0.29) is 6.04 Å². The standard InChI is InChI=1S/C15H23NO2/c1-4-11(2)12-7-8-15-13(10-12)14(16-17-3)6-5-9-18-15/h7-8,10-11,14,16H,4-6,9H2,1-3H3. The third-order valence-corrected chi connectivity index (χ3v) is 3.75. The molecule has 100 valence electrons. The van der Waals surface area contributed by atoms with E-state index in [1.165, 1.54) is 11.1 Å². The molecule has 0 aromatic heterocycles. The second kappa shape index (κ2) is 6.21. The Labute approximate surface area is 109 Å². The number of ether oxygens (including phenoxy) is 1. The minimum absolute atomic E-state index is 0.233. The van der Waals surface area contributed by atoms with Crippen LogP contribution in [0.4, 0.5) is 0 Å². The van der Waals surface area contributed by atoms with Crippen molar-refractivity contribution in [1.82, 2.24) is 5.48 Å². The van der Waals surface area contributed by atoms with Gasteiger partial charge in [0.15, 0.2) is 0 Å². The van der Waals surface area contributed by atoms with E-state index in [4.69, 9.17) is 9.57 Å². The van der Waals surface area contributed by atoms with Gasteiger partial charge < -0.3 is 9.57 Å². The summed E-state index contributed by atoms with van der Waals surface area (Å²) in [6.45, 7) is 5.27. The fourth-order valence-electron chi connectivity index (χ4n) is 2.40. The van der Waals surface area contributed by atoms with Crippen LogP contribution >= 0.6 is 0 Å². The van der Waals surface area contributed by atoms with Crippen LogP contribution in [-0.4, -0.2) is 13.7 Å². The average Bonchev–Trinajstić information content (AvgIpc) is 2.60. The number of nitrogens with one attached hydrogen (secondary N) is 1. The van der Waals surface area contributed by atoms with E-state index < -0.39 is 0 Å². The highest BCUT2D eigenvalue weighted by Crippen LogP contribution is 2.34. The summed E-state index contributed by atoms with van der Waals surface area (Å²) in [5.41, 5.74) is 5.69. The predicted molar refractivity (Wildman–Crippen MR) is 72.8 cm³/mol. The minimum atomic E-state index is 0.233. The Morgan fingerprint density at radius 2 is 2.33 bits per heavy atom. The van der Waals surface area contributed by atoms with Gasteiger partial charge in [-0.05, 0) is 36.8 Å². The molecule has 2 atom stereocenters. The molecule has 2 unspecified atom stereocenters. The van der Waals surface area contributed by atoms with Crippen molar-refractivity contribution >= 4 is 0 Å². The fraction of sp³-hybridized carbons (Fsp3) is 0.600. The van der Waals surface area contributed by atoms with Crippen molar-refractivity contribution in [2.75, 3.05) is 13.7 Å². The first-order valence-corrected chi connectivity index (χ1v) is 6.81. The van der Waals surface area contributed by atoms with E-state index in [9.17, 15) is 0 Å². The van der Waals surface area contributed by atoms with Crippen LogP contribution in [0, 0.1) is 0 Å². The lowest BCUT2D eigenvalue weighted by Crippen LogP contribution is -2.19. The fourth-order valence-corrected chi connectivity index (χ4v) is 2.40. The SMILES string of the molecule is CCC(C)c1ccc2c(c1)C(NOC)CCCO2. The topological polar surface area (TPSA) is 30.5 Å². The average molecular weight is 249 g/mol. The number of rotatable bonds is 4. The molecule has 3 nitrogen and oxygen atoms in total. The summed E-state index contributed by atoms with van der Waals surface area (Å²) >= 11 is 0. The number of benzene rings is 1. The summed E-state index contributed by atoms with van der Waals surface area (Å²) in [5.74, 6) is 1.58. The number of hydrogen-bond donors (Lipinski definition) is 1. The Morgan fingerprint density at radius 1 is 1.50 bits per heavy atom. The first kappa shape index (κ1) is 13.4. The van der Waals surface area contributed by atoms with E-state index >= 15 is 0 Å². The maximum Gasteiger partial charge on any atom is 0.124 e. The number of fused-ring (bicyclic) bond motifs is 1. The van der Waals surface area contributed by atoms with Crippen LogP contribution < -0.4 is 10.2 Å². The molecule has 1 aliphatic rings.